The van der Waals surface area contributed by atoms with Gasteiger partial charge in [0.25, 0.3) is 0 Å². The first-order valence-electron chi connectivity index (χ1n) is 8.87. The van der Waals surface area contributed by atoms with Gasteiger partial charge in [0, 0.05) is 11.4 Å². The van der Waals surface area contributed by atoms with Crippen molar-refractivity contribution in [2.75, 3.05) is 0 Å². The molecule has 0 saturated carbocycles. The van der Waals surface area contributed by atoms with Crippen molar-refractivity contribution < 1.29 is 18.3 Å². The second kappa shape index (κ2) is 8.37. The summed E-state index contributed by atoms with van der Waals surface area (Å²) in [6, 6.07) is 22.3. The maximum Gasteiger partial charge on any atom is 0.324 e. The van der Waals surface area contributed by atoms with E-state index >= 15 is 0 Å². The lowest BCUT2D eigenvalue weighted by molar-refractivity contribution is -0.143. The second-order valence-electron chi connectivity index (χ2n) is 6.94. The summed E-state index contributed by atoms with van der Waals surface area (Å²) in [6.07, 6.45) is 0.0191. The molecule has 5 nitrogen and oxygen atoms in total. The highest BCUT2D eigenvalue weighted by atomic mass is 35.5. The van der Waals surface area contributed by atoms with Gasteiger partial charge in [-0.2, -0.15) is 4.72 Å². The van der Waals surface area contributed by atoms with E-state index in [-0.39, 0.29) is 11.3 Å². The minimum Gasteiger partial charge on any atom is -0.480 e. The van der Waals surface area contributed by atoms with E-state index in [9.17, 15) is 18.3 Å². The topological polar surface area (TPSA) is 83.5 Å². The van der Waals surface area contributed by atoms with Gasteiger partial charge in [-0.15, -0.1) is 0 Å². The molecule has 3 aromatic rings. The first kappa shape index (κ1) is 21.0. The average Bonchev–Trinajstić information content (AvgIpc) is 2.69. The van der Waals surface area contributed by atoms with Gasteiger partial charge in [-0.3, -0.25) is 4.79 Å². The Kier molecular flexibility index (Phi) is 6.07. The molecule has 0 fully saturated rings. The number of aliphatic carboxylic acids is 1. The SMILES string of the molecule is CC(Cc1ccccc1)(NS(=O)(=O)c1ccc(-c2ccc(Cl)cc2)cc1)C(=O)O. The maximum absolute atomic E-state index is 12.8. The Balaban J connectivity index is 1.85. The zero-order chi connectivity index (χ0) is 21.1. The van der Waals surface area contributed by atoms with E-state index in [4.69, 9.17) is 11.6 Å². The third-order valence-electron chi connectivity index (χ3n) is 4.57. The van der Waals surface area contributed by atoms with Crippen molar-refractivity contribution in [1.29, 1.82) is 0 Å². The molecule has 29 heavy (non-hydrogen) atoms. The first-order chi connectivity index (χ1) is 13.7. The zero-order valence-electron chi connectivity index (χ0n) is 15.7. The lowest BCUT2D eigenvalue weighted by Gasteiger charge is -2.26. The Morgan fingerprint density at radius 2 is 1.45 bits per heavy atom. The van der Waals surface area contributed by atoms with Gasteiger partial charge in [0.15, 0.2) is 0 Å². The second-order valence-corrected chi connectivity index (χ2v) is 9.06. The highest BCUT2D eigenvalue weighted by Gasteiger charge is 2.38. The Morgan fingerprint density at radius 1 is 0.931 bits per heavy atom. The highest BCUT2D eigenvalue weighted by molar-refractivity contribution is 7.89. The molecule has 0 aromatic heterocycles. The van der Waals surface area contributed by atoms with Crippen molar-refractivity contribution in [3.63, 3.8) is 0 Å². The van der Waals surface area contributed by atoms with Crippen LogP contribution in [0.3, 0.4) is 0 Å². The van der Waals surface area contributed by atoms with Gasteiger partial charge in [-0.25, -0.2) is 8.42 Å². The lowest BCUT2D eigenvalue weighted by Crippen LogP contribution is -2.53. The Morgan fingerprint density at radius 3 is 1.97 bits per heavy atom. The molecule has 0 heterocycles. The molecule has 7 heteroatoms. The monoisotopic (exact) mass is 429 g/mol. The van der Waals surface area contributed by atoms with Crippen molar-refractivity contribution in [3.8, 4) is 11.1 Å². The third-order valence-corrected chi connectivity index (χ3v) is 6.44. The quantitative estimate of drug-likeness (QED) is 0.584. The van der Waals surface area contributed by atoms with Crippen LogP contribution in [-0.4, -0.2) is 25.0 Å². The molecule has 0 aliphatic carbocycles. The van der Waals surface area contributed by atoms with E-state index in [1.54, 1.807) is 48.5 Å². The van der Waals surface area contributed by atoms with E-state index in [0.717, 1.165) is 16.7 Å². The molecule has 0 aliphatic rings. The van der Waals surface area contributed by atoms with Crippen LogP contribution >= 0.6 is 11.6 Å². The molecule has 0 saturated heterocycles. The average molecular weight is 430 g/mol. The van der Waals surface area contributed by atoms with Crippen LogP contribution in [0.2, 0.25) is 5.02 Å². The molecule has 3 rings (SSSR count). The maximum atomic E-state index is 12.8. The summed E-state index contributed by atoms with van der Waals surface area (Å²) < 4.78 is 28.0. The van der Waals surface area contributed by atoms with Crippen LogP contribution < -0.4 is 4.72 Å². The van der Waals surface area contributed by atoms with Crippen LogP contribution in [0.1, 0.15) is 12.5 Å². The van der Waals surface area contributed by atoms with Crippen molar-refractivity contribution >= 4 is 27.6 Å². The minimum atomic E-state index is -4.04. The molecule has 2 N–H and O–H groups in total. The standard InChI is InChI=1S/C22H20ClNO4S/c1-22(21(25)26,15-16-5-3-2-4-6-16)24-29(27,28)20-13-9-18(10-14-20)17-7-11-19(23)12-8-17/h2-14,24H,15H2,1H3,(H,25,26). The first-order valence-corrected chi connectivity index (χ1v) is 10.7. The van der Waals surface area contributed by atoms with Crippen molar-refractivity contribution in [2.45, 2.75) is 23.8 Å². The minimum absolute atomic E-state index is 0.00393. The Hall–Kier alpha value is -2.67. The van der Waals surface area contributed by atoms with Crippen LogP contribution in [0, 0.1) is 0 Å². The number of carbonyl (C=O) groups is 1. The number of hydrogen-bond donors (Lipinski definition) is 2. The number of halogens is 1. The summed E-state index contributed by atoms with van der Waals surface area (Å²) in [5, 5.41) is 10.3. The predicted molar refractivity (Wildman–Crippen MR) is 113 cm³/mol. The number of nitrogens with one attached hydrogen (secondary N) is 1. The molecule has 1 atom stereocenters. The molecule has 0 aliphatic heterocycles. The van der Waals surface area contributed by atoms with E-state index < -0.39 is 21.5 Å². The summed E-state index contributed by atoms with van der Waals surface area (Å²) in [5.74, 6) is -1.25. The predicted octanol–water partition coefficient (Wildman–Crippen LogP) is 4.37. The van der Waals surface area contributed by atoms with E-state index in [1.807, 2.05) is 18.2 Å². The van der Waals surface area contributed by atoms with Crippen LogP contribution in [-0.2, 0) is 21.2 Å². The number of rotatable bonds is 7. The van der Waals surface area contributed by atoms with Crippen molar-refractivity contribution in [3.05, 3.63) is 89.4 Å². The summed E-state index contributed by atoms with van der Waals surface area (Å²) in [5.41, 5.74) is 0.754. The van der Waals surface area contributed by atoms with Crippen LogP contribution in [0.25, 0.3) is 11.1 Å². The number of carboxylic acid groups (broad SMARTS) is 1. The fraction of sp³-hybridized carbons (Fsp3) is 0.136. The van der Waals surface area contributed by atoms with E-state index in [1.165, 1.54) is 19.1 Å². The molecular formula is C22H20ClNO4S. The molecule has 0 spiro atoms. The Labute approximate surface area is 175 Å². The van der Waals surface area contributed by atoms with Crippen molar-refractivity contribution in [2.24, 2.45) is 0 Å². The van der Waals surface area contributed by atoms with Crippen LogP contribution in [0.4, 0.5) is 0 Å². The van der Waals surface area contributed by atoms with Gasteiger partial charge >= 0.3 is 5.97 Å². The highest BCUT2D eigenvalue weighted by Crippen LogP contribution is 2.24. The zero-order valence-corrected chi connectivity index (χ0v) is 17.2. The summed E-state index contributed by atoms with van der Waals surface area (Å²) in [6.45, 7) is 1.36. The summed E-state index contributed by atoms with van der Waals surface area (Å²) in [7, 11) is -4.04. The van der Waals surface area contributed by atoms with Gasteiger partial charge < -0.3 is 5.11 Å². The normalized spacial score (nSPS) is 13.6. The van der Waals surface area contributed by atoms with E-state index in [0.29, 0.717) is 5.02 Å². The van der Waals surface area contributed by atoms with Crippen LogP contribution in [0.15, 0.2) is 83.8 Å². The van der Waals surface area contributed by atoms with Gasteiger partial charge in [0.1, 0.15) is 5.54 Å². The van der Waals surface area contributed by atoms with Crippen molar-refractivity contribution in [1.82, 2.24) is 4.72 Å². The van der Waals surface area contributed by atoms with Crippen LogP contribution in [0.5, 0.6) is 0 Å². The number of sulfonamides is 1. The number of benzene rings is 3. The fourth-order valence-corrected chi connectivity index (χ4v) is 4.47. The van der Waals surface area contributed by atoms with Gasteiger partial charge in [0.05, 0.1) is 4.90 Å². The molecule has 1 unspecified atom stereocenters. The smallest absolute Gasteiger partial charge is 0.324 e. The molecular weight excluding hydrogens is 410 g/mol. The summed E-state index contributed by atoms with van der Waals surface area (Å²) in [4.78, 5) is 11.9. The molecule has 0 amide bonds. The molecule has 3 aromatic carbocycles. The largest absolute Gasteiger partial charge is 0.480 e. The van der Waals surface area contributed by atoms with E-state index in [2.05, 4.69) is 4.72 Å². The fourth-order valence-electron chi connectivity index (χ4n) is 2.98. The number of carboxylic acids is 1. The lowest BCUT2D eigenvalue weighted by atomic mass is 9.94. The molecule has 150 valence electrons. The number of hydrogen-bond acceptors (Lipinski definition) is 3. The molecule has 0 bridgehead atoms. The third kappa shape index (κ3) is 5.03. The van der Waals surface area contributed by atoms with Gasteiger partial charge in [-0.05, 0) is 47.9 Å². The van der Waals surface area contributed by atoms with Gasteiger partial charge in [-0.1, -0.05) is 66.2 Å². The molecule has 0 radical (unpaired) electrons. The van der Waals surface area contributed by atoms with Gasteiger partial charge in [0.2, 0.25) is 10.0 Å². The summed E-state index contributed by atoms with van der Waals surface area (Å²) >= 11 is 5.89. The Bertz CT molecular complexity index is 1100.